The van der Waals surface area contributed by atoms with Gasteiger partial charge in [0, 0.05) is 0 Å². The maximum Gasteiger partial charge on any atom is 0.310 e. The highest BCUT2D eigenvalue weighted by Gasteiger charge is 2.19. The van der Waals surface area contributed by atoms with Crippen molar-refractivity contribution in [3.63, 3.8) is 0 Å². The van der Waals surface area contributed by atoms with Crippen LogP contribution < -0.4 is 0 Å². The maximum atomic E-state index is 11.5. The van der Waals surface area contributed by atoms with Crippen LogP contribution in [0, 0.1) is 0 Å². The van der Waals surface area contributed by atoms with Gasteiger partial charge in [0.05, 0.1) is 12.3 Å². The number of hydrogen-bond acceptors (Lipinski definition) is 2. The molecule has 2 rings (SSSR count). The number of carboxylic acids is 2. The summed E-state index contributed by atoms with van der Waals surface area (Å²) in [7, 11) is 0. The predicted molar refractivity (Wildman–Crippen MR) is 101 cm³/mol. The van der Waals surface area contributed by atoms with Gasteiger partial charge in [-0.2, -0.15) is 0 Å². The van der Waals surface area contributed by atoms with Gasteiger partial charge in [0.2, 0.25) is 0 Å². The summed E-state index contributed by atoms with van der Waals surface area (Å²) in [5, 5.41) is 18.6. The van der Waals surface area contributed by atoms with Crippen LogP contribution in [0.1, 0.15) is 61.5 Å². The minimum Gasteiger partial charge on any atom is -0.481 e. The summed E-state index contributed by atoms with van der Waals surface area (Å²) in [6.45, 7) is 0. The number of unbranched alkanes of at least 4 members (excludes halogenated alkanes) is 2. The summed E-state index contributed by atoms with van der Waals surface area (Å²) in [5.74, 6) is -2.03. The fourth-order valence-corrected chi connectivity index (χ4v) is 3.36. The van der Waals surface area contributed by atoms with Crippen molar-refractivity contribution in [3.05, 3.63) is 71.8 Å². The van der Waals surface area contributed by atoms with E-state index in [1.165, 1.54) is 0 Å². The molecule has 138 valence electrons. The molecule has 4 nitrogen and oxygen atoms in total. The normalized spacial score (nSPS) is 13.1. The molecule has 2 unspecified atom stereocenters. The molecule has 0 saturated carbocycles. The predicted octanol–water partition coefficient (Wildman–Crippen LogP) is 5.06. The molecule has 0 spiro atoms. The van der Waals surface area contributed by atoms with Gasteiger partial charge in [-0.25, -0.2) is 0 Å². The molecular weight excluding hydrogens is 328 g/mol. The molecule has 0 saturated heterocycles. The maximum absolute atomic E-state index is 11.5. The number of aliphatic carboxylic acids is 2. The monoisotopic (exact) mass is 354 g/mol. The van der Waals surface area contributed by atoms with Crippen LogP contribution in [0.5, 0.6) is 0 Å². The van der Waals surface area contributed by atoms with Crippen molar-refractivity contribution in [2.75, 3.05) is 0 Å². The van der Waals surface area contributed by atoms with Crippen LogP contribution in [0.25, 0.3) is 0 Å². The Balaban J connectivity index is 1.82. The summed E-state index contributed by atoms with van der Waals surface area (Å²) in [5.41, 5.74) is 1.90. The Morgan fingerprint density at radius 3 is 1.81 bits per heavy atom. The molecule has 4 heteroatoms. The van der Waals surface area contributed by atoms with Crippen LogP contribution in [-0.4, -0.2) is 22.2 Å². The van der Waals surface area contributed by atoms with Gasteiger partial charge in [0.15, 0.2) is 0 Å². The highest BCUT2D eigenvalue weighted by atomic mass is 16.4. The lowest BCUT2D eigenvalue weighted by atomic mass is 9.89. The van der Waals surface area contributed by atoms with E-state index in [1.54, 1.807) is 0 Å². The molecule has 0 aliphatic heterocycles. The zero-order chi connectivity index (χ0) is 18.8. The quantitative estimate of drug-likeness (QED) is 0.553. The van der Waals surface area contributed by atoms with Gasteiger partial charge in [-0.1, -0.05) is 79.9 Å². The summed E-state index contributed by atoms with van der Waals surface area (Å²) in [4.78, 5) is 22.6. The Morgan fingerprint density at radius 2 is 1.27 bits per heavy atom. The number of hydrogen-bond donors (Lipinski definition) is 2. The van der Waals surface area contributed by atoms with E-state index in [0.29, 0.717) is 6.42 Å². The third-order valence-electron chi connectivity index (χ3n) is 4.74. The number of benzene rings is 2. The van der Waals surface area contributed by atoms with Gasteiger partial charge in [-0.15, -0.1) is 0 Å². The average molecular weight is 354 g/mol. The SMILES string of the molecule is O=C(O)CC(CCCCCC(C(=O)O)c1ccccc1)c1ccccc1. The summed E-state index contributed by atoms with van der Waals surface area (Å²) in [6, 6.07) is 19.1. The van der Waals surface area contributed by atoms with E-state index >= 15 is 0 Å². The second-order valence-electron chi connectivity index (χ2n) is 6.64. The molecule has 0 bridgehead atoms. The van der Waals surface area contributed by atoms with Gasteiger partial charge in [0.1, 0.15) is 0 Å². The highest BCUT2D eigenvalue weighted by Crippen LogP contribution is 2.27. The number of carboxylic acid groups (broad SMARTS) is 2. The van der Waals surface area contributed by atoms with E-state index in [1.807, 2.05) is 60.7 Å². The van der Waals surface area contributed by atoms with E-state index < -0.39 is 17.9 Å². The van der Waals surface area contributed by atoms with Crippen LogP contribution >= 0.6 is 0 Å². The summed E-state index contributed by atoms with van der Waals surface area (Å²) < 4.78 is 0. The third-order valence-corrected chi connectivity index (χ3v) is 4.74. The zero-order valence-electron chi connectivity index (χ0n) is 14.9. The number of rotatable bonds is 11. The van der Waals surface area contributed by atoms with Crippen LogP contribution in [-0.2, 0) is 9.59 Å². The molecule has 2 atom stereocenters. The van der Waals surface area contributed by atoms with Crippen molar-refractivity contribution in [1.29, 1.82) is 0 Å². The lowest BCUT2D eigenvalue weighted by molar-refractivity contribution is -0.139. The van der Waals surface area contributed by atoms with Crippen molar-refractivity contribution in [1.82, 2.24) is 0 Å². The molecule has 26 heavy (non-hydrogen) atoms. The van der Waals surface area contributed by atoms with Gasteiger partial charge >= 0.3 is 11.9 Å². The molecule has 2 aromatic carbocycles. The van der Waals surface area contributed by atoms with Crippen LogP contribution in [0.4, 0.5) is 0 Å². The average Bonchev–Trinajstić information content (AvgIpc) is 2.64. The van der Waals surface area contributed by atoms with Crippen LogP contribution in [0.3, 0.4) is 0 Å². The first kappa shape index (κ1) is 19.7. The second-order valence-corrected chi connectivity index (χ2v) is 6.64. The van der Waals surface area contributed by atoms with Gasteiger partial charge in [-0.3, -0.25) is 9.59 Å². The van der Waals surface area contributed by atoms with Crippen molar-refractivity contribution >= 4 is 11.9 Å². The second kappa shape index (κ2) is 10.4. The minimum absolute atomic E-state index is 0.0121. The first-order chi connectivity index (χ1) is 12.6. The molecule has 0 fully saturated rings. The molecular formula is C22H26O4. The first-order valence-corrected chi connectivity index (χ1v) is 9.12. The lowest BCUT2D eigenvalue weighted by Crippen LogP contribution is -2.11. The van der Waals surface area contributed by atoms with E-state index in [-0.39, 0.29) is 12.3 Å². The minimum atomic E-state index is -0.788. The van der Waals surface area contributed by atoms with E-state index in [0.717, 1.165) is 36.8 Å². The van der Waals surface area contributed by atoms with E-state index in [9.17, 15) is 14.7 Å². The Kier molecular flexibility index (Phi) is 7.87. The fourth-order valence-electron chi connectivity index (χ4n) is 3.36. The Labute approximate surface area is 154 Å². The van der Waals surface area contributed by atoms with Crippen molar-refractivity contribution < 1.29 is 19.8 Å². The van der Waals surface area contributed by atoms with Crippen molar-refractivity contribution in [2.45, 2.75) is 50.4 Å². The van der Waals surface area contributed by atoms with E-state index in [4.69, 9.17) is 5.11 Å². The molecule has 2 N–H and O–H groups in total. The zero-order valence-corrected chi connectivity index (χ0v) is 14.9. The molecule has 0 aliphatic carbocycles. The van der Waals surface area contributed by atoms with Gasteiger partial charge in [0.25, 0.3) is 0 Å². The topological polar surface area (TPSA) is 74.6 Å². The Bertz CT molecular complexity index is 682. The largest absolute Gasteiger partial charge is 0.481 e. The van der Waals surface area contributed by atoms with E-state index in [2.05, 4.69) is 0 Å². The summed E-state index contributed by atoms with van der Waals surface area (Å²) in [6.07, 6.45) is 4.16. The molecule has 0 aliphatic rings. The molecule has 0 radical (unpaired) electrons. The molecule has 0 aromatic heterocycles. The third kappa shape index (κ3) is 6.36. The van der Waals surface area contributed by atoms with Crippen LogP contribution in [0.15, 0.2) is 60.7 Å². The van der Waals surface area contributed by atoms with Crippen molar-refractivity contribution in [2.24, 2.45) is 0 Å². The highest BCUT2D eigenvalue weighted by molar-refractivity contribution is 5.75. The Hall–Kier alpha value is -2.62. The molecule has 0 heterocycles. The lowest BCUT2D eigenvalue weighted by Gasteiger charge is -2.16. The van der Waals surface area contributed by atoms with Crippen LogP contribution in [0.2, 0.25) is 0 Å². The van der Waals surface area contributed by atoms with Crippen molar-refractivity contribution in [3.8, 4) is 0 Å². The fraction of sp³-hybridized carbons (Fsp3) is 0.364. The Morgan fingerprint density at radius 1 is 0.731 bits per heavy atom. The summed E-state index contributed by atoms with van der Waals surface area (Å²) >= 11 is 0. The molecule has 0 amide bonds. The molecule has 2 aromatic rings. The standard InChI is InChI=1S/C22H26O4/c23-21(24)16-19(17-10-4-1-5-11-17)14-8-3-9-15-20(22(25)26)18-12-6-2-7-13-18/h1-2,4-7,10-13,19-20H,3,8-9,14-16H2,(H,23,24)(H,25,26). The smallest absolute Gasteiger partial charge is 0.310 e. The first-order valence-electron chi connectivity index (χ1n) is 9.12. The number of carbonyl (C=O) groups is 2. The van der Waals surface area contributed by atoms with Gasteiger partial charge < -0.3 is 10.2 Å². The van der Waals surface area contributed by atoms with Gasteiger partial charge in [-0.05, 0) is 29.9 Å².